The van der Waals surface area contributed by atoms with Gasteiger partial charge >= 0.3 is 0 Å². The van der Waals surface area contributed by atoms with Crippen LogP contribution in [0.2, 0.25) is 0 Å². The molecule has 2 nitrogen and oxygen atoms in total. The maximum absolute atomic E-state index is 13.1. The van der Waals surface area contributed by atoms with Crippen molar-refractivity contribution < 1.29 is 9.23 Å². The van der Waals surface area contributed by atoms with Gasteiger partial charge in [-0.15, -0.1) is 0 Å². The van der Waals surface area contributed by atoms with Crippen LogP contribution in [0, 0.1) is 5.82 Å². The molecule has 0 spiro atoms. The molecule has 70 valence electrons. The molecule has 0 aromatic heterocycles. The SMILES string of the molecule is NOCc1cc(C2CC2)ccc1F. The normalized spacial score (nSPS) is 16.2. The maximum atomic E-state index is 13.1. The van der Waals surface area contributed by atoms with Gasteiger partial charge in [0.2, 0.25) is 0 Å². The third-order valence-electron chi connectivity index (χ3n) is 2.36. The monoisotopic (exact) mass is 181 g/mol. The quantitative estimate of drug-likeness (QED) is 0.725. The van der Waals surface area contributed by atoms with Crippen LogP contribution >= 0.6 is 0 Å². The van der Waals surface area contributed by atoms with E-state index in [1.807, 2.05) is 12.1 Å². The summed E-state index contributed by atoms with van der Waals surface area (Å²) in [6.07, 6.45) is 2.43. The number of benzene rings is 1. The van der Waals surface area contributed by atoms with Crippen molar-refractivity contribution in [3.05, 3.63) is 35.1 Å². The van der Waals surface area contributed by atoms with E-state index in [2.05, 4.69) is 4.84 Å². The molecule has 0 unspecified atom stereocenters. The van der Waals surface area contributed by atoms with Gasteiger partial charge in [-0.2, -0.15) is 0 Å². The summed E-state index contributed by atoms with van der Waals surface area (Å²) in [5.74, 6) is 5.30. The summed E-state index contributed by atoms with van der Waals surface area (Å²) < 4.78 is 13.1. The molecule has 1 saturated carbocycles. The first-order valence-corrected chi connectivity index (χ1v) is 4.41. The van der Waals surface area contributed by atoms with E-state index in [0.29, 0.717) is 11.5 Å². The van der Waals surface area contributed by atoms with E-state index in [1.54, 1.807) is 0 Å². The number of rotatable bonds is 3. The molecule has 1 aliphatic carbocycles. The molecule has 0 atom stereocenters. The van der Waals surface area contributed by atoms with E-state index >= 15 is 0 Å². The molecule has 0 amide bonds. The van der Waals surface area contributed by atoms with E-state index in [1.165, 1.54) is 24.5 Å². The molecule has 0 aliphatic heterocycles. The molecule has 2 N–H and O–H groups in total. The number of nitrogens with two attached hydrogens (primary N) is 1. The highest BCUT2D eigenvalue weighted by Gasteiger charge is 2.23. The Labute approximate surface area is 76.5 Å². The highest BCUT2D eigenvalue weighted by Crippen LogP contribution is 2.40. The van der Waals surface area contributed by atoms with Crippen LogP contribution < -0.4 is 5.90 Å². The lowest BCUT2D eigenvalue weighted by molar-refractivity contribution is 0.121. The van der Waals surface area contributed by atoms with Gasteiger partial charge in [0.1, 0.15) is 5.82 Å². The Morgan fingerprint density at radius 2 is 2.23 bits per heavy atom. The molecule has 1 aromatic carbocycles. The lowest BCUT2D eigenvalue weighted by Crippen LogP contribution is -2.01. The van der Waals surface area contributed by atoms with Gasteiger partial charge in [-0.1, -0.05) is 12.1 Å². The Morgan fingerprint density at radius 3 is 2.85 bits per heavy atom. The minimum absolute atomic E-state index is 0.145. The fourth-order valence-electron chi connectivity index (χ4n) is 1.47. The van der Waals surface area contributed by atoms with E-state index < -0.39 is 0 Å². The lowest BCUT2D eigenvalue weighted by atomic mass is 10.1. The predicted octanol–water partition coefficient (Wildman–Crippen LogP) is 2.09. The molecule has 1 aromatic rings. The van der Waals surface area contributed by atoms with Crippen molar-refractivity contribution in [2.24, 2.45) is 5.90 Å². The van der Waals surface area contributed by atoms with E-state index in [-0.39, 0.29) is 12.4 Å². The van der Waals surface area contributed by atoms with Gasteiger partial charge in [-0.3, -0.25) is 4.84 Å². The van der Waals surface area contributed by atoms with Gasteiger partial charge in [0, 0.05) is 5.56 Å². The van der Waals surface area contributed by atoms with Crippen LogP contribution in [0.25, 0.3) is 0 Å². The summed E-state index contributed by atoms with van der Waals surface area (Å²) in [5, 5.41) is 0. The summed E-state index contributed by atoms with van der Waals surface area (Å²) >= 11 is 0. The first-order chi connectivity index (χ1) is 6.31. The lowest BCUT2D eigenvalue weighted by Gasteiger charge is -2.04. The average Bonchev–Trinajstić information content (AvgIpc) is 2.92. The predicted molar refractivity (Wildman–Crippen MR) is 47.4 cm³/mol. The Bertz CT molecular complexity index is 310. The summed E-state index contributed by atoms with van der Waals surface area (Å²) in [7, 11) is 0. The standard InChI is InChI=1S/C10H12FNO/c11-10-4-3-8(7-1-2-7)5-9(10)6-13-12/h3-5,7H,1-2,6,12H2. The largest absolute Gasteiger partial charge is 0.300 e. The maximum Gasteiger partial charge on any atom is 0.128 e. The average molecular weight is 181 g/mol. The smallest absolute Gasteiger partial charge is 0.128 e. The van der Waals surface area contributed by atoms with Crippen LogP contribution in [-0.2, 0) is 11.4 Å². The van der Waals surface area contributed by atoms with Crippen molar-refractivity contribution in [3.8, 4) is 0 Å². The zero-order chi connectivity index (χ0) is 9.26. The molecule has 13 heavy (non-hydrogen) atoms. The molecule has 1 aliphatic rings. The third-order valence-corrected chi connectivity index (χ3v) is 2.36. The molecular formula is C10H12FNO. The third kappa shape index (κ3) is 1.87. The van der Waals surface area contributed by atoms with Gasteiger partial charge in [0.25, 0.3) is 0 Å². The zero-order valence-electron chi connectivity index (χ0n) is 7.29. The number of hydrogen-bond acceptors (Lipinski definition) is 2. The summed E-state index contributed by atoms with van der Waals surface area (Å²) in [6.45, 7) is 0.145. The minimum atomic E-state index is -0.241. The number of hydrogen-bond donors (Lipinski definition) is 1. The fraction of sp³-hybridized carbons (Fsp3) is 0.400. The van der Waals surface area contributed by atoms with Gasteiger partial charge < -0.3 is 0 Å². The Morgan fingerprint density at radius 1 is 1.46 bits per heavy atom. The second kappa shape index (κ2) is 3.44. The molecule has 2 rings (SSSR count). The Hall–Kier alpha value is -0.930. The highest BCUT2D eigenvalue weighted by molar-refractivity contribution is 5.29. The molecular weight excluding hydrogens is 169 g/mol. The van der Waals surface area contributed by atoms with E-state index in [0.717, 1.165) is 0 Å². The van der Waals surface area contributed by atoms with Crippen molar-refractivity contribution >= 4 is 0 Å². The molecule has 1 fully saturated rings. The van der Waals surface area contributed by atoms with E-state index in [9.17, 15) is 4.39 Å². The van der Waals surface area contributed by atoms with Crippen LogP contribution in [0.1, 0.15) is 29.9 Å². The van der Waals surface area contributed by atoms with Gasteiger partial charge in [0.15, 0.2) is 0 Å². The molecule has 0 saturated heterocycles. The highest BCUT2D eigenvalue weighted by atomic mass is 19.1. The van der Waals surface area contributed by atoms with Crippen LogP contribution in [0.15, 0.2) is 18.2 Å². The van der Waals surface area contributed by atoms with Gasteiger partial charge in [0.05, 0.1) is 6.61 Å². The van der Waals surface area contributed by atoms with Gasteiger partial charge in [-0.25, -0.2) is 10.3 Å². The summed E-state index contributed by atoms with van der Waals surface area (Å²) in [4.78, 5) is 4.42. The second-order valence-electron chi connectivity index (χ2n) is 3.44. The van der Waals surface area contributed by atoms with Crippen LogP contribution in [0.4, 0.5) is 4.39 Å². The van der Waals surface area contributed by atoms with Crippen molar-refractivity contribution in [2.75, 3.05) is 0 Å². The molecule has 3 heteroatoms. The van der Waals surface area contributed by atoms with Crippen LogP contribution in [0.3, 0.4) is 0 Å². The first kappa shape index (κ1) is 8.66. The van der Waals surface area contributed by atoms with Crippen LogP contribution in [0.5, 0.6) is 0 Å². The van der Waals surface area contributed by atoms with Gasteiger partial charge in [-0.05, 0) is 30.4 Å². The van der Waals surface area contributed by atoms with Crippen molar-refractivity contribution in [3.63, 3.8) is 0 Å². The second-order valence-corrected chi connectivity index (χ2v) is 3.44. The Balaban J connectivity index is 2.25. The number of halogens is 1. The minimum Gasteiger partial charge on any atom is -0.300 e. The Kier molecular flexibility index (Phi) is 2.29. The fourth-order valence-corrected chi connectivity index (χ4v) is 1.47. The first-order valence-electron chi connectivity index (χ1n) is 4.41. The van der Waals surface area contributed by atoms with Crippen molar-refractivity contribution in [1.82, 2.24) is 0 Å². The zero-order valence-corrected chi connectivity index (χ0v) is 7.29. The molecule has 0 radical (unpaired) electrons. The topological polar surface area (TPSA) is 35.2 Å². The van der Waals surface area contributed by atoms with Crippen LogP contribution in [-0.4, -0.2) is 0 Å². The summed E-state index contributed by atoms with van der Waals surface area (Å²) in [6, 6.07) is 5.18. The van der Waals surface area contributed by atoms with Crippen molar-refractivity contribution in [1.29, 1.82) is 0 Å². The summed E-state index contributed by atoms with van der Waals surface area (Å²) in [5.41, 5.74) is 1.75. The van der Waals surface area contributed by atoms with E-state index in [4.69, 9.17) is 5.90 Å². The van der Waals surface area contributed by atoms with Crippen molar-refractivity contribution in [2.45, 2.75) is 25.4 Å². The molecule has 0 heterocycles. The molecule has 0 bridgehead atoms.